The summed E-state index contributed by atoms with van der Waals surface area (Å²) in [5.74, 6) is 0.422. The minimum absolute atomic E-state index is 0.193. The van der Waals surface area contributed by atoms with Crippen molar-refractivity contribution in [3.63, 3.8) is 0 Å². The summed E-state index contributed by atoms with van der Waals surface area (Å²) in [6.07, 6.45) is -0.235. The van der Waals surface area contributed by atoms with Gasteiger partial charge in [0.05, 0.1) is 0 Å². The van der Waals surface area contributed by atoms with Gasteiger partial charge in [0.25, 0.3) is 11.8 Å². The third kappa shape index (κ3) is 6.02. The quantitative estimate of drug-likeness (QED) is 0.735. The molecule has 2 aromatic rings. The third-order valence-electron chi connectivity index (χ3n) is 4.01. The lowest BCUT2D eigenvalue weighted by molar-refractivity contribution is -0.134. The van der Waals surface area contributed by atoms with Crippen molar-refractivity contribution in [3.05, 3.63) is 59.2 Å². The SMILES string of the molecule is CCC(Oc1cccc(C)c1)C(=O)NNC(=O)COc1c(C)cccc1C. The molecule has 2 rings (SSSR count). The van der Waals surface area contributed by atoms with Crippen LogP contribution in [0, 0.1) is 20.8 Å². The fourth-order valence-electron chi connectivity index (χ4n) is 2.59. The van der Waals surface area contributed by atoms with Crippen molar-refractivity contribution in [1.29, 1.82) is 0 Å². The number of amides is 2. The molecule has 0 aliphatic rings. The van der Waals surface area contributed by atoms with E-state index in [0.29, 0.717) is 17.9 Å². The third-order valence-corrected chi connectivity index (χ3v) is 4.01. The molecule has 0 spiro atoms. The first-order valence-corrected chi connectivity index (χ1v) is 8.91. The Hall–Kier alpha value is -3.02. The Bertz CT molecular complexity index is 784. The van der Waals surface area contributed by atoms with E-state index in [0.717, 1.165) is 16.7 Å². The maximum Gasteiger partial charge on any atom is 0.279 e. The van der Waals surface area contributed by atoms with Gasteiger partial charge in [0, 0.05) is 0 Å². The lowest BCUT2D eigenvalue weighted by Gasteiger charge is -2.18. The molecule has 6 heteroatoms. The second-order valence-corrected chi connectivity index (χ2v) is 6.38. The molecule has 6 nitrogen and oxygen atoms in total. The molecule has 0 bridgehead atoms. The van der Waals surface area contributed by atoms with Crippen molar-refractivity contribution in [2.75, 3.05) is 6.61 Å². The van der Waals surface area contributed by atoms with E-state index >= 15 is 0 Å². The zero-order valence-corrected chi connectivity index (χ0v) is 16.2. The van der Waals surface area contributed by atoms with Gasteiger partial charge in [-0.15, -0.1) is 0 Å². The van der Waals surface area contributed by atoms with Crippen molar-refractivity contribution in [3.8, 4) is 11.5 Å². The molecule has 0 saturated heterocycles. The van der Waals surface area contributed by atoms with E-state index in [1.807, 2.05) is 64.1 Å². The van der Waals surface area contributed by atoms with Gasteiger partial charge in [-0.05, 0) is 56.0 Å². The van der Waals surface area contributed by atoms with E-state index in [9.17, 15) is 9.59 Å². The van der Waals surface area contributed by atoms with Crippen LogP contribution in [0.15, 0.2) is 42.5 Å². The molecule has 0 radical (unpaired) electrons. The highest BCUT2D eigenvalue weighted by Gasteiger charge is 2.19. The van der Waals surface area contributed by atoms with Gasteiger partial charge in [0.15, 0.2) is 12.7 Å². The molecule has 1 atom stereocenters. The number of hydrazine groups is 1. The van der Waals surface area contributed by atoms with E-state index in [1.54, 1.807) is 6.07 Å². The van der Waals surface area contributed by atoms with Crippen molar-refractivity contribution >= 4 is 11.8 Å². The summed E-state index contributed by atoms with van der Waals surface area (Å²) < 4.78 is 11.3. The van der Waals surface area contributed by atoms with Gasteiger partial charge in [-0.3, -0.25) is 20.4 Å². The van der Waals surface area contributed by atoms with Gasteiger partial charge in [-0.2, -0.15) is 0 Å². The topological polar surface area (TPSA) is 76.7 Å². The van der Waals surface area contributed by atoms with E-state index in [4.69, 9.17) is 9.47 Å². The van der Waals surface area contributed by atoms with E-state index < -0.39 is 17.9 Å². The number of hydrogen-bond acceptors (Lipinski definition) is 4. The van der Waals surface area contributed by atoms with E-state index in [1.165, 1.54) is 0 Å². The fraction of sp³-hybridized carbons (Fsp3) is 0.333. The van der Waals surface area contributed by atoms with Crippen molar-refractivity contribution in [2.24, 2.45) is 0 Å². The molecule has 0 heterocycles. The normalized spacial score (nSPS) is 11.4. The Morgan fingerprint density at radius 3 is 2.30 bits per heavy atom. The number of carbonyl (C=O) groups is 2. The summed E-state index contributed by atoms with van der Waals surface area (Å²) >= 11 is 0. The number of aryl methyl sites for hydroxylation is 3. The molecule has 0 saturated carbocycles. The average Bonchev–Trinajstić information content (AvgIpc) is 2.63. The van der Waals surface area contributed by atoms with Crippen LogP contribution in [-0.4, -0.2) is 24.5 Å². The van der Waals surface area contributed by atoms with Gasteiger partial charge >= 0.3 is 0 Å². The highest BCUT2D eigenvalue weighted by molar-refractivity contribution is 5.85. The molecular formula is C21H26N2O4. The standard InChI is InChI=1S/C21H26N2O4/c1-5-18(27-17-11-6-8-14(2)12-17)21(25)23-22-19(24)13-26-20-15(3)9-7-10-16(20)4/h6-12,18H,5,13H2,1-4H3,(H,22,24)(H,23,25). The number of para-hydroxylation sites is 1. The first kappa shape index (κ1) is 20.3. The monoisotopic (exact) mass is 370 g/mol. The highest BCUT2D eigenvalue weighted by Crippen LogP contribution is 2.22. The van der Waals surface area contributed by atoms with Crippen LogP contribution in [-0.2, 0) is 9.59 Å². The molecule has 144 valence electrons. The van der Waals surface area contributed by atoms with Gasteiger partial charge in [-0.25, -0.2) is 0 Å². The fourth-order valence-corrected chi connectivity index (χ4v) is 2.59. The van der Waals surface area contributed by atoms with Crippen molar-refractivity contribution in [2.45, 2.75) is 40.2 Å². The molecule has 27 heavy (non-hydrogen) atoms. The number of ether oxygens (including phenoxy) is 2. The van der Waals surface area contributed by atoms with Crippen LogP contribution in [0.2, 0.25) is 0 Å². The van der Waals surface area contributed by atoms with Gasteiger partial charge in [-0.1, -0.05) is 37.3 Å². The molecule has 0 fully saturated rings. The van der Waals surface area contributed by atoms with Crippen LogP contribution in [0.4, 0.5) is 0 Å². The predicted molar refractivity (Wildman–Crippen MR) is 104 cm³/mol. The smallest absolute Gasteiger partial charge is 0.279 e. The van der Waals surface area contributed by atoms with Crippen LogP contribution < -0.4 is 20.3 Å². The molecule has 2 aromatic carbocycles. The van der Waals surface area contributed by atoms with Crippen LogP contribution in [0.25, 0.3) is 0 Å². The average molecular weight is 370 g/mol. The summed E-state index contributed by atoms with van der Waals surface area (Å²) in [5.41, 5.74) is 7.69. The molecule has 1 unspecified atom stereocenters. The van der Waals surface area contributed by atoms with E-state index in [-0.39, 0.29) is 6.61 Å². The minimum atomic E-state index is -0.702. The summed E-state index contributed by atoms with van der Waals surface area (Å²) in [6.45, 7) is 7.42. The van der Waals surface area contributed by atoms with Crippen LogP contribution in [0.3, 0.4) is 0 Å². The molecule has 2 N–H and O–H groups in total. The second-order valence-electron chi connectivity index (χ2n) is 6.38. The summed E-state index contributed by atoms with van der Waals surface area (Å²) in [7, 11) is 0. The van der Waals surface area contributed by atoms with Crippen molar-refractivity contribution < 1.29 is 19.1 Å². The van der Waals surface area contributed by atoms with Gasteiger partial charge in [0.1, 0.15) is 11.5 Å². The maximum absolute atomic E-state index is 12.3. The maximum atomic E-state index is 12.3. The molecule has 0 aromatic heterocycles. The van der Waals surface area contributed by atoms with E-state index in [2.05, 4.69) is 10.9 Å². The Kier molecular flexibility index (Phi) is 7.23. The minimum Gasteiger partial charge on any atom is -0.483 e. The summed E-state index contributed by atoms with van der Waals surface area (Å²) in [6, 6.07) is 13.2. The first-order valence-electron chi connectivity index (χ1n) is 8.91. The molecular weight excluding hydrogens is 344 g/mol. The lowest BCUT2D eigenvalue weighted by atomic mass is 10.1. The Morgan fingerprint density at radius 1 is 1.00 bits per heavy atom. The summed E-state index contributed by atoms with van der Waals surface area (Å²) in [5, 5.41) is 0. The van der Waals surface area contributed by atoms with Crippen LogP contribution in [0.5, 0.6) is 11.5 Å². The lowest BCUT2D eigenvalue weighted by Crippen LogP contribution is -2.49. The Morgan fingerprint density at radius 2 is 1.67 bits per heavy atom. The Balaban J connectivity index is 1.83. The van der Waals surface area contributed by atoms with Crippen LogP contribution in [0.1, 0.15) is 30.0 Å². The zero-order valence-electron chi connectivity index (χ0n) is 16.2. The number of rotatable bonds is 7. The molecule has 0 aliphatic carbocycles. The zero-order chi connectivity index (χ0) is 19.8. The Labute approximate surface area is 159 Å². The molecule has 2 amide bonds. The first-order chi connectivity index (χ1) is 12.9. The number of carbonyl (C=O) groups excluding carboxylic acids is 2. The molecule has 0 aliphatic heterocycles. The van der Waals surface area contributed by atoms with Crippen LogP contribution >= 0.6 is 0 Å². The van der Waals surface area contributed by atoms with Gasteiger partial charge < -0.3 is 9.47 Å². The predicted octanol–water partition coefficient (Wildman–Crippen LogP) is 3.00. The summed E-state index contributed by atoms with van der Waals surface area (Å²) in [4.78, 5) is 24.2. The number of benzene rings is 2. The largest absolute Gasteiger partial charge is 0.483 e. The number of hydrogen-bond donors (Lipinski definition) is 2. The number of nitrogens with one attached hydrogen (secondary N) is 2. The van der Waals surface area contributed by atoms with Crippen molar-refractivity contribution in [1.82, 2.24) is 10.9 Å². The second kappa shape index (κ2) is 9.62. The highest BCUT2D eigenvalue weighted by atomic mass is 16.5. The van der Waals surface area contributed by atoms with Gasteiger partial charge in [0.2, 0.25) is 0 Å².